The van der Waals surface area contributed by atoms with Crippen LogP contribution in [0.5, 0.6) is 5.75 Å². The van der Waals surface area contributed by atoms with E-state index in [1.54, 1.807) is 0 Å². The maximum Gasteiger partial charge on any atom is 0.335 e. The van der Waals surface area contributed by atoms with Crippen molar-refractivity contribution >= 4 is 16.0 Å². The number of carbonyl (C=O) groups is 1. The Labute approximate surface area is 117 Å². The van der Waals surface area contributed by atoms with Gasteiger partial charge in [0, 0.05) is 6.54 Å². The van der Waals surface area contributed by atoms with Gasteiger partial charge in [-0.3, -0.25) is 0 Å². The highest BCUT2D eigenvalue weighted by atomic mass is 32.2. The molecule has 0 spiro atoms. The zero-order valence-electron chi connectivity index (χ0n) is 11.3. The van der Waals surface area contributed by atoms with Crippen molar-refractivity contribution in [3.05, 3.63) is 23.8 Å². The van der Waals surface area contributed by atoms with Crippen molar-refractivity contribution in [3.8, 4) is 5.75 Å². The zero-order valence-corrected chi connectivity index (χ0v) is 12.2. The van der Waals surface area contributed by atoms with Crippen LogP contribution in [-0.4, -0.2) is 33.1 Å². The fourth-order valence-corrected chi connectivity index (χ4v) is 3.15. The standard InChI is InChI=1S/C13H17NO5S/c1-13(5-6-13)8-14-20(17,18)11-7-9(12(15)16)3-4-10(11)19-2/h3-4,7,14H,5-6,8H2,1-2H3,(H,15,16). The predicted octanol–water partition coefficient (Wildman–Crippen LogP) is 1.47. The minimum atomic E-state index is -3.79. The van der Waals surface area contributed by atoms with Gasteiger partial charge in [-0.15, -0.1) is 0 Å². The Balaban J connectivity index is 2.32. The Bertz CT molecular complexity index is 634. The van der Waals surface area contributed by atoms with Crippen molar-refractivity contribution in [1.29, 1.82) is 0 Å². The van der Waals surface area contributed by atoms with Gasteiger partial charge in [-0.05, 0) is 36.5 Å². The summed E-state index contributed by atoms with van der Waals surface area (Å²) in [5.41, 5.74) is -0.0751. The summed E-state index contributed by atoms with van der Waals surface area (Å²) in [7, 11) is -2.45. The third-order valence-corrected chi connectivity index (χ3v) is 4.92. The van der Waals surface area contributed by atoms with E-state index in [0.29, 0.717) is 6.54 Å². The molecular formula is C13H17NO5S. The van der Waals surface area contributed by atoms with Gasteiger partial charge in [0.05, 0.1) is 12.7 Å². The molecule has 1 fully saturated rings. The van der Waals surface area contributed by atoms with Crippen LogP contribution in [0.1, 0.15) is 30.1 Å². The molecule has 1 aliphatic carbocycles. The van der Waals surface area contributed by atoms with Gasteiger partial charge in [0.2, 0.25) is 10.0 Å². The molecule has 0 saturated heterocycles. The second-order valence-electron chi connectivity index (χ2n) is 5.31. The van der Waals surface area contributed by atoms with Gasteiger partial charge in [0.1, 0.15) is 10.6 Å². The van der Waals surface area contributed by atoms with Crippen LogP contribution in [0.3, 0.4) is 0 Å². The zero-order chi connectivity index (χ0) is 15.0. The van der Waals surface area contributed by atoms with Gasteiger partial charge in [-0.1, -0.05) is 6.92 Å². The van der Waals surface area contributed by atoms with Crippen molar-refractivity contribution in [2.24, 2.45) is 5.41 Å². The molecule has 0 unspecified atom stereocenters. The highest BCUT2D eigenvalue weighted by Crippen LogP contribution is 2.44. The molecule has 1 aromatic rings. The molecule has 7 heteroatoms. The van der Waals surface area contributed by atoms with E-state index in [0.717, 1.165) is 18.9 Å². The second kappa shape index (κ2) is 5.06. The Morgan fingerprint density at radius 2 is 2.10 bits per heavy atom. The summed E-state index contributed by atoms with van der Waals surface area (Å²) in [6.45, 7) is 2.34. The number of methoxy groups -OCH3 is 1. The first-order valence-corrected chi connectivity index (χ1v) is 7.67. The highest BCUT2D eigenvalue weighted by Gasteiger charge is 2.38. The maximum absolute atomic E-state index is 12.3. The van der Waals surface area contributed by atoms with Crippen molar-refractivity contribution in [2.45, 2.75) is 24.7 Å². The number of hydrogen-bond donors (Lipinski definition) is 2. The number of aromatic carboxylic acids is 1. The normalized spacial score (nSPS) is 16.7. The number of carboxylic acids is 1. The minimum Gasteiger partial charge on any atom is -0.495 e. The summed E-state index contributed by atoms with van der Waals surface area (Å²) < 4.78 is 32.1. The van der Waals surface area contributed by atoms with E-state index in [1.165, 1.54) is 19.2 Å². The molecule has 0 heterocycles. The summed E-state index contributed by atoms with van der Waals surface area (Å²) in [4.78, 5) is 10.8. The third-order valence-electron chi connectivity index (χ3n) is 3.49. The van der Waals surface area contributed by atoms with Crippen LogP contribution in [0.2, 0.25) is 0 Å². The molecular weight excluding hydrogens is 282 g/mol. The van der Waals surface area contributed by atoms with Crippen LogP contribution in [0.25, 0.3) is 0 Å². The molecule has 1 aliphatic rings. The molecule has 0 amide bonds. The number of hydrogen-bond acceptors (Lipinski definition) is 4. The summed E-state index contributed by atoms with van der Waals surface area (Å²) in [5, 5.41) is 8.95. The van der Waals surface area contributed by atoms with Crippen LogP contribution in [-0.2, 0) is 10.0 Å². The Morgan fingerprint density at radius 3 is 2.60 bits per heavy atom. The van der Waals surface area contributed by atoms with Gasteiger partial charge in [0.25, 0.3) is 0 Å². The van der Waals surface area contributed by atoms with E-state index in [-0.39, 0.29) is 21.6 Å². The molecule has 0 aromatic heterocycles. The predicted molar refractivity (Wildman–Crippen MR) is 72.5 cm³/mol. The Kier molecular flexibility index (Phi) is 3.75. The SMILES string of the molecule is COc1ccc(C(=O)O)cc1S(=O)(=O)NCC1(C)CC1. The van der Waals surface area contributed by atoms with Crippen LogP contribution in [0.15, 0.2) is 23.1 Å². The molecule has 20 heavy (non-hydrogen) atoms. The van der Waals surface area contributed by atoms with E-state index in [9.17, 15) is 13.2 Å². The number of sulfonamides is 1. The molecule has 2 N–H and O–H groups in total. The van der Waals surface area contributed by atoms with Crippen LogP contribution >= 0.6 is 0 Å². The number of benzene rings is 1. The third kappa shape index (κ3) is 3.10. The van der Waals surface area contributed by atoms with Gasteiger partial charge < -0.3 is 9.84 Å². The van der Waals surface area contributed by atoms with Crippen molar-refractivity contribution in [2.75, 3.05) is 13.7 Å². The summed E-state index contributed by atoms with van der Waals surface area (Å²) in [6, 6.07) is 3.76. The fourth-order valence-electron chi connectivity index (χ4n) is 1.76. The van der Waals surface area contributed by atoms with E-state index in [1.807, 2.05) is 6.92 Å². The molecule has 0 atom stereocenters. The lowest BCUT2D eigenvalue weighted by molar-refractivity contribution is 0.0696. The first kappa shape index (κ1) is 14.8. The average Bonchev–Trinajstić information content (AvgIpc) is 3.14. The van der Waals surface area contributed by atoms with Gasteiger partial charge in [-0.2, -0.15) is 0 Å². The molecule has 0 radical (unpaired) electrons. The molecule has 0 aliphatic heterocycles. The maximum atomic E-state index is 12.3. The van der Waals surface area contributed by atoms with Crippen LogP contribution < -0.4 is 9.46 Å². The summed E-state index contributed by atoms with van der Waals surface area (Å²) in [5.74, 6) is -1.05. The number of nitrogens with one attached hydrogen (secondary N) is 1. The average molecular weight is 299 g/mol. The van der Waals surface area contributed by atoms with Gasteiger partial charge in [-0.25, -0.2) is 17.9 Å². The van der Waals surface area contributed by atoms with E-state index in [4.69, 9.17) is 9.84 Å². The largest absolute Gasteiger partial charge is 0.495 e. The smallest absolute Gasteiger partial charge is 0.335 e. The quantitative estimate of drug-likeness (QED) is 0.830. The Hall–Kier alpha value is -1.60. The molecule has 110 valence electrons. The minimum absolute atomic E-state index is 0.0186. The van der Waals surface area contributed by atoms with E-state index >= 15 is 0 Å². The first-order valence-electron chi connectivity index (χ1n) is 6.18. The van der Waals surface area contributed by atoms with Crippen molar-refractivity contribution in [3.63, 3.8) is 0 Å². The second-order valence-corrected chi connectivity index (χ2v) is 7.04. The fraction of sp³-hybridized carbons (Fsp3) is 0.462. The first-order chi connectivity index (χ1) is 9.27. The summed E-state index contributed by atoms with van der Waals surface area (Å²) >= 11 is 0. The molecule has 1 saturated carbocycles. The molecule has 6 nitrogen and oxygen atoms in total. The monoisotopic (exact) mass is 299 g/mol. The number of ether oxygens (including phenoxy) is 1. The lowest BCUT2D eigenvalue weighted by atomic mass is 10.2. The van der Waals surface area contributed by atoms with Crippen molar-refractivity contribution < 1.29 is 23.1 Å². The van der Waals surface area contributed by atoms with Crippen LogP contribution in [0.4, 0.5) is 0 Å². The van der Waals surface area contributed by atoms with Gasteiger partial charge in [0.15, 0.2) is 0 Å². The van der Waals surface area contributed by atoms with Gasteiger partial charge >= 0.3 is 5.97 Å². The van der Waals surface area contributed by atoms with Crippen molar-refractivity contribution in [1.82, 2.24) is 4.72 Å². The lowest BCUT2D eigenvalue weighted by Crippen LogP contribution is -2.29. The van der Waals surface area contributed by atoms with E-state index < -0.39 is 16.0 Å². The molecule has 1 aromatic carbocycles. The number of carboxylic acid groups (broad SMARTS) is 1. The molecule has 2 rings (SSSR count). The van der Waals surface area contributed by atoms with Crippen LogP contribution in [0, 0.1) is 5.41 Å². The van der Waals surface area contributed by atoms with E-state index in [2.05, 4.69) is 4.72 Å². The summed E-state index contributed by atoms with van der Waals surface area (Å²) in [6.07, 6.45) is 1.98. The number of rotatable bonds is 6. The highest BCUT2D eigenvalue weighted by molar-refractivity contribution is 7.89. The lowest BCUT2D eigenvalue weighted by Gasteiger charge is -2.13. The Morgan fingerprint density at radius 1 is 1.45 bits per heavy atom. The topological polar surface area (TPSA) is 92.7 Å². The molecule has 0 bridgehead atoms.